The maximum absolute atomic E-state index is 11.8. The van der Waals surface area contributed by atoms with Gasteiger partial charge in [0.15, 0.2) is 5.11 Å². The molecular formula is C12H16N2OS. The standard InChI is InChI=1S/C12H16N2OS/c1-8(2)13-12(16)14-11(15)10-7-5-4-6-9(10)3/h4-8H,1-3H3,(H2,13,14,15,16). The number of carbonyl (C=O) groups is 1. The molecule has 0 saturated carbocycles. The molecule has 16 heavy (non-hydrogen) atoms. The average Bonchev–Trinajstić information content (AvgIpc) is 2.16. The Labute approximate surface area is 101 Å². The molecule has 0 unspecified atom stereocenters. The first-order valence-corrected chi connectivity index (χ1v) is 5.59. The topological polar surface area (TPSA) is 41.1 Å². The number of aryl methyl sites for hydroxylation is 1. The van der Waals surface area contributed by atoms with Gasteiger partial charge in [-0.15, -0.1) is 0 Å². The van der Waals surface area contributed by atoms with Crippen molar-refractivity contribution in [3.63, 3.8) is 0 Å². The van der Waals surface area contributed by atoms with Crippen LogP contribution in [0.15, 0.2) is 24.3 Å². The van der Waals surface area contributed by atoms with Gasteiger partial charge < -0.3 is 5.32 Å². The summed E-state index contributed by atoms with van der Waals surface area (Å²) < 4.78 is 0. The Balaban J connectivity index is 2.66. The lowest BCUT2D eigenvalue weighted by Crippen LogP contribution is -2.42. The van der Waals surface area contributed by atoms with Crippen LogP contribution in [0.5, 0.6) is 0 Å². The third-order valence-electron chi connectivity index (χ3n) is 2.04. The van der Waals surface area contributed by atoms with E-state index in [1.807, 2.05) is 39.0 Å². The summed E-state index contributed by atoms with van der Waals surface area (Å²) in [5.41, 5.74) is 1.59. The van der Waals surface area contributed by atoms with Crippen molar-refractivity contribution in [3.05, 3.63) is 35.4 Å². The monoisotopic (exact) mass is 236 g/mol. The van der Waals surface area contributed by atoms with Gasteiger partial charge in [-0.05, 0) is 44.6 Å². The van der Waals surface area contributed by atoms with E-state index in [1.165, 1.54) is 0 Å². The highest BCUT2D eigenvalue weighted by Gasteiger charge is 2.09. The Kier molecular flexibility index (Phi) is 4.43. The molecule has 0 fully saturated rings. The van der Waals surface area contributed by atoms with Crippen LogP contribution >= 0.6 is 12.2 Å². The van der Waals surface area contributed by atoms with Gasteiger partial charge in [0, 0.05) is 11.6 Å². The number of amides is 1. The highest BCUT2D eigenvalue weighted by molar-refractivity contribution is 7.80. The van der Waals surface area contributed by atoms with Gasteiger partial charge in [-0.2, -0.15) is 0 Å². The van der Waals surface area contributed by atoms with Crippen molar-refractivity contribution in [2.45, 2.75) is 26.8 Å². The van der Waals surface area contributed by atoms with E-state index in [1.54, 1.807) is 6.07 Å². The third-order valence-corrected chi connectivity index (χ3v) is 2.26. The first-order chi connectivity index (χ1) is 7.50. The van der Waals surface area contributed by atoms with Gasteiger partial charge in [-0.25, -0.2) is 0 Å². The number of nitrogens with one attached hydrogen (secondary N) is 2. The van der Waals surface area contributed by atoms with Crippen molar-refractivity contribution < 1.29 is 4.79 Å². The summed E-state index contributed by atoms with van der Waals surface area (Å²) in [4.78, 5) is 11.8. The second-order valence-electron chi connectivity index (χ2n) is 3.90. The molecule has 0 saturated heterocycles. The second kappa shape index (κ2) is 5.61. The molecule has 3 nitrogen and oxygen atoms in total. The molecule has 0 aliphatic heterocycles. The SMILES string of the molecule is Cc1ccccc1C(=O)NC(=S)NC(C)C. The van der Waals surface area contributed by atoms with E-state index in [4.69, 9.17) is 12.2 Å². The van der Waals surface area contributed by atoms with Crippen LogP contribution in [-0.2, 0) is 0 Å². The van der Waals surface area contributed by atoms with Crippen molar-refractivity contribution in [2.24, 2.45) is 0 Å². The highest BCUT2D eigenvalue weighted by atomic mass is 32.1. The quantitative estimate of drug-likeness (QED) is 0.772. The molecule has 1 aromatic carbocycles. The number of benzene rings is 1. The average molecular weight is 236 g/mol. The number of hydrogen-bond acceptors (Lipinski definition) is 2. The fourth-order valence-electron chi connectivity index (χ4n) is 1.30. The van der Waals surface area contributed by atoms with Gasteiger partial charge in [0.05, 0.1) is 0 Å². The zero-order valence-electron chi connectivity index (χ0n) is 9.70. The predicted molar refractivity (Wildman–Crippen MR) is 69.5 cm³/mol. The molecule has 0 aliphatic carbocycles. The lowest BCUT2D eigenvalue weighted by atomic mass is 10.1. The molecule has 86 valence electrons. The second-order valence-corrected chi connectivity index (χ2v) is 4.31. The van der Waals surface area contributed by atoms with Crippen molar-refractivity contribution in [3.8, 4) is 0 Å². The van der Waals surface area contributed by atoms with Crippen LogP contribution < -0.4 is 10.6 Å². The van der Waals surface area contributed by atoms with Gasteiger partial charge in [-0.1, -0.05) is 18.2 Å². The van der Waals surface area contributed by atoms with E-state index in [0.717, 1.165) is 5.56 Å². The first kappa shape index (κ1) is 12.6. The first-order valence-electron chi connectivity index (χ1n) is 5.18. The number of hydrogen-bond donors (Lipinski definition) is 2. The molecule has 0 aliphatic rings. The third kappa shape index (κ3) is 3.62. The molecule has 0 spiro atoms. The molecule has 2 N–H and O–H groups in total. The summed E-state index contributed by atoms with van der Waals surface area (Å²) in [5, 5.41) is 5.98. The number of carbonyl (C=O) groups excluding carboxylic acids is 1. The minimum absolute atomic E-state index is 0.170. The van der Waals surface area contributed by atoms with Crippen molar-refractivity contribution in [2.75, 3.05) is 0 Å². The number of thiocarbonyl (C=S) groups is 1. The smallest absolute Gasteiger partial charge is 0.257 e. The van der Waals surface area contributed by atoms with E-state index in [-0.39, 0.29) is 11.9 Å². The normalized spacial score (nSPS) is 10.0. The van der Waals surface area contributed by atoms with Crippen LogP contribution in [0.2, 0.25) is 0 Å². The highest BCUT2D eigenvalue weighted by Crippen LogP contribution is 2.06. The zero-order chi connectivity index (χ0) is 12.1. The molecule has 0 radical (unpaired) electrons. The summed E-state index contributed by atoms with van der Waals surface area (Å²) in [6, 6.07) is 7.62. The Hall–Kier alpha value is -1.42. The summed E-state index contributed by atoms with van der Waals surface area (Å²) in [5.74, 6) is -0.170. The Bertz CT molecular complexity index is 402. The van der Waals surface area contributed by atoms with Gasteiger partial charge in [-0.3, -0.25) is 10.1 Å². The fourth-order valence-corrected chi connectivity index (χ4v) is 1.62. The van der Waals surface area contributed by atoms with Crippen LogP contribution in [0.1, 0.15) is 29.8 Å². The van der Waals surface area contributed by atoms with Gasteiger partial charge in [0.1, 0.15) is 0 Å². The minimum atomic E-state index is -0.170. The lowest BCUT2D eigenvalue weighted by Gasteiger charge is -2.12. The van der Waals surface area contributed by atoms with Crippen LogP contribution in [0.3, 0.4) is 0 Å². The largest absolute Gasteiger partial charge is 0.360 e. The summed E-state index contributed by atoms with van der Waals surface area (Å²) >= 11 is 5.01. The summed E-state index contributed by atoms with van der Waals surface area (Å²) in [7, 11) is 0. The number of rotatable bonds is 2. The molecule has 4 heteroatoms. The molecule has 0 heterocycles. The molecule has 0 atom stereocenters. The Morgan fingerprint density at radius 2 is 1.94 bits per heavy atom. The summed E-state index contributed by atoms with van der Waals surface area (Å²) in [6.45, 7) is 5.83. The zero-order valence-corrected chi connectivity index (χ0v) is 10.5. The van der Waals surface area contributed by atoms with E-state index in [9.17, 15) is 4.79 Å². The molecule has 1 rings (SSSR count). The van der Waals surface area contributed by atoms with Crippen LogP contribution in [0.25, 0.3) is 0 Å². The molecule has 1 aromatic rings. The van der Waals surface area contributed by atoms with Crippen molar-refractivity contribution >= 4 is 23.2 Å². The van der Waals surface area contributed by atoms with E-state index >= 15 is 0 Å². The summed E-state index contributed by atoms with van der Waals surface area (Å²) in [6.07, 6.45) is 0. The van der Waals surface area contributed by atoms with Crippen LogP contribution in [0, 0.1) is 6.92 Å². The van der Waals surface area contributed by atoms with Crippen LogP contribution in [0.4, 0.5) is 0 Å². The minimum Gasteiger partial charge on any atom is -0.360 e. The molecule has 0 bridgehead atoms. The van der Waals surface area contributed by atoms with E-state index < -0.39 is 0 Å². The lowest BCUT2D eigenvalue weighted by molar-refractivity contribution is 0.0976. The Morgan fingerprint density at radius 3 is 2.50 bits per heavy atom. The molecule has 0 aromatic heterocycles. The fraction of sp³-hybridized carbons (Fsp3) is 0.333. The van der Waals surface area contributed by atoms with E-state index in [2.05, 4.69) is 10.6 Å². The van der Waals surface area contributed by atoms with Gasteiger partial charge >= 0.3 is 0 Å². The van der Waals surface area contributed by atoms with E-state index in [0.29, 0.717) is 10.7 Å². The van der Waals surface area contributed by atoms with Gasteiger partial charge in [0.2, 0.25) is 0 Å². The molecule has 1 amide bonds. The van der Waals surface area contributed by atoms with Crippen molar-refractivity contribution in [1.29, 1.82) is 0 Å². The van der Waals surface area contributed by atoms with Gasteiger partial charge in [0.25, 0.3) is 5.91 Å². The maximum atomic E-state index is 11.8. The predicted octanol–water partition coefficient (Wildman–Crippen LogP) is 2.01. The van der Waals surface area contributed by atoms with Crippen LogP contribution in [-0.4, -0.2) is 17.1 Å². The van der Waals surface area contributed by atoms with Crippen molar-refractivity contribution in [1.82, 2.24) is 10.6 Å². The maximum Gasteiger partial charge on any atom is 0.257 e. The Morgan fingerprint density at radius 1 is 1.31 bits per heavy atom. The molecular weight excluding hydrogens is 220 g/mol.